The summed E-state index contributed by atoms with van der Waals surface area (Å²) in [7, 11) is 1.63. The Morgan fingerprint density at radius 2 is 1.79 bits per heavy atom. The first-order valence-electron chi connectivity index (χ1n) is 10.1. The molecule has 3 aromatic rings. The fourth-order valence-corrected chi connectivity index (χ4v) is 4.64. The summed E-state index contributed by atoms with van der Waals surface area (Å²) in [6.45, 7) is 5.48. The Morgan fingerprint density at radius 1 is 1.00 bits per heavy atom. The average molecular weight is 410 g/mol. The molecule has 6 nitrogen and oxygen atoms in total. The number of hydrogen-bond acceptors (Lipinski definition) is 6. The topological polar surface area (TPSA) is 53.5 Å². The summed E-state index contributed by atoms with van der Waals surface area (Å²) < 4.78 is 5.44. The van der Waals surface area contributed by atoms with Gasteiger partial charge in [0.2, 0.25) is 0 Å². The van der Waals surface area contributed by atoms with Crippen molar-refractivity contribution in [3.63, 3.8) is 0 Å². The van der Waals surface area contributed by atoms with Crippen molar-refractivity contribution in [1.29, 1.82) is 0 Å². The molecule has 1 N–H and O–H groups in total. The highest BCUT2D eigenvalue weighted by Gasteiger charge is 2.27. The molecular formula is C22H24ClN5O. The molecule has 0 radical (unpaired) electrons. The highest BCUT2D eigenvalue weighted by Crippen LogP contribution is 2.36. The molecule has 0 bridgehead atoms. The minimum Gasteiger partial charge on any atom is -0.467 e. The van der Waals surface area contributed by atoms with Crippen molar-refractivity contribution < 1.29 is 4.74 Å². The number of benzene rings is 2. The van der Waals surface area contributed by atoms with E-state index in [1.807, 2.05) is 12.1 Å². The van der Waals surface area contributed by atoms with Gasteiger partial charge in [0.1, 0.15) is 5.82 Å². The number of aromatic nitrogens is 2. The Balaban J connectivity index is 1.55. The zero-order valence-electron chi connectivity index (χ0n) is 16.5. The van der Waals surface area contributed by atoms with Gasteiger partial charge in [0.25, 0.3) is 0 Å². The lowest BCUT2D eigenvalue weighted by atomic mass is 10.0. The van der Waals surface area contributed by atoms with E-state index in [1.165, 1.54) is 5.56 Å². The molecule has 150 valence electrons. The third-order valence-corrected chi connectivity index (χ3v) is 6.11. The molecule has 5 rings (SSSR count). The highest BCUT2D eigenvalue weighted by atomic mass is 35.5. The SMILES string of the molecule is COc1nc2c(c(N3CCNCC3)n1)CCN(c1cccc3cccc(Cl)c13)C2. The Morgan fingerprint density at radius 3 is 2.59 bits per heavy atom. The Labute approximate surface area is 175 Å². The van der Waals surface area contributed by atoms with Gasteiger partial charge in [-0.2, -0.15) is 9.97 Å². The molecule has 1 fully saturated rings. The van der Waals surface area contributed by atoms with Crippen LogP contribution in [0.15, 0.2) is 36.4 Å². The van der Waals surface area contributed by atoms with E-state index in [4.69, 9.17) is 26.3 Å². The maximum absolute atomic E-state index is 6.57. The number of hydrogen-bond donors (Lipinski definition) is 1. The monoisotopic (exact) mass is 409 g/mol. The number of methoxy groups -OCH3 is 1. The van der Waals surface area contributed by atoms with E-state index < -0.39 is 0 Å². The van der Waals surface area contributed by atoms with Gasteiger partial charge >= 0.3 is 6.01 Å². The summed E-state index contributed by atoms with van der Waals surface area (Å²) in [6, 6.07) is 12.9. The first-order chi connectivity index (χ1) is 14.2. The van der Waals surface area contributed by atoms with E-state index in [1.54, 1.807) is 7.11 Å². The lowest BCUT2D eigenvalue weighted by Gasteiger charge is -2.35. The average Bonchev–Trinajstić information content (AvgIpc) is 2.78. The standard InChI is InChI=1S/C22H24ClN5O/c1-29-22-25-18-14-28(19-7-3-5-15-4-2-6-17(23)20(15)19)11-8-16(18)21(26-22)27-12-9-24-10-13-27/h2-7,24H,8-14H2,1H3. The molecule has 0 saturated carbocycles. The maximum atomic E-state index is 6.57. The van der Waals surface area contributed by atoms with E-state index in [2.05, 4.69) is 39.4 Å². The number of piperazine rings is 1. The van der Waals surface area contributed by atoms with Gasteiger partial charge in [-0.25, -0.2) is 0 Å². The third-order valence-electron chi connectivity index (χ3n) is 5.79. The zero-order valence-corrected chi connectivity index (χ0v) is 17.2. The predicted octanol–water partition coefficient (Wildman–Crippen LogP) is 3.26. The first kappa shape index (κ1) is 18.5. The summed E-state index contributed by atoms with van der Waals surface area (Å²) >= 11 is 6.57. The third kappa shape index (κ3) is 3.36. The number of halogens is 1. The van der Waals surface area contributed by atoms with Crippen molar-refractivity contribution in [3.8, 4) is 6.01 Å². The quantitative estimate of drug-likeness (QED) is 0.716. The van der Waals surface area contributed by atoms with Crippen molar-refractivity contribution in [1.82, 2.24) is 15.3 Å². The van der Waals surface area contributed by atoms with Gasteiger partial charge in [-0.1, -0.05) is 35.9 Å². The second kappa shape index (κ2) is 7.69. The molecule has 7 heteroatoms. The molecule has 0 atom stereocenters. The van der Waals surface area contributed by atoms with E-state index in [0.29, 0.717) is 6.01 Å². The first-order valence-corrected chi connectivity index (χ1v) is 10.4. The van der Waals surface area contributed by atoms with E-state index in [9.17, 15) is 0 Å². The largest absolute Gasteiger partial charge is 0.467 e. The van der Waals surface area contributed by atoms with Crippen LogP contribution >= 0.6 is 11.6 Å². The van der Waals surface area contributed by atoms with Crippen LogP contribution < -0.4 is 19.9 Å². The van der Waals surface area contributed by atoms with Gasteiger partial charge in [0.15, 0.2) is 0 Å². The molecule has 2 aliphatic heterocycles. The van der Waals surface area contributed by atoms with Gasteiger partial charge < -0.3 is 19.9 Å². The smallest absolute Gasteiger partial charge is 0.318 e. The van der Waals surface area contributed by atoms with Crippen molar-refractivity contribution in [2.75, 3.05) is 49.6 Å². The van der Waals surface area contributed by atoms with Gasteiger partial charge in [0.05, 0.1) is 24.4 Å². The minimum atomic E-state index is 0.440. The summed E-state index contributed by atoms with van der Waals surface area (Å²) in [5, 5.41) is 6.45. The summed E-state index contributed by atoms with van der Waals surface area (Å²) in [6.07, 6.45) is 0.902. The number of nitrogens with one attached hydrogen (secondary N) is 1. The molecular weight excluding hydrogens is 386 g/mol. The molecule has 29 heavy (non-hydrogen) atoms. The minimum absolute atomic E-state index is 0.440. The summed E-state index contributed by atoms with van der Waals surface area (Å²) in [4.78, 5) is 14.1. The van der Waals surface area contributed by atoms with Crippen molar-refractivity contribution in [2.45, 2.75) is 13.0 Å². The molecule has 1 saturated heterocycles. The van der Waals surface area contributed by atoms with Crippen LogP contribution in [0.2, 0.25) is 5.02 Å². The lowest BCUT2D eigenvalue weighted by molar-refractivity contribution is 0.376. The van der Waals surface area contributed by atoms with Crippen LogP contribution in [-0.2, 0) is 13.0 Å². The second-order valence-corrected chi connectivity index (χ2v) is 7.89. The van der Waals surface area contributed by atoms with Crippen LogP contribution in [0.5, 0.6) is 6.01 Å². The van der Waals surface area contributed by atoms with Gasteiger partial charge in [-0.15, -0.1) is 0 Å². The van der Waals surface area contributed by atoms with Crippen molar-refractivity contribution in [2.24, 2.45) is 0 Å². The molecule has 2 aliphatic rings. The molecule has 3 heterocycles. The Kier molecular flexibility index (Phi) is 4.89. The Hall–Kier alpha value is -2.57. The summed E-state index contributed by atoms with van der Waals surface area (Å²) in [5.41, 5.74) is 3.44. The van der Waals surface area contributed by atoms with Crippen molar-refractivity contribution in [3.05, 3.63) is 52.7 Å². The zero-order chi connectivity index (χ0) is 19.8. The molecule has 0 spiro atoms. The second-order valence-electron chi connectivity index (χ2n) is 7.48. The van der Waals surface area contributed by atoms with Crippen LogP contribution in [0.3, 0.4) is 0 Å². The molecule has 0 amide bonds. The van der Waals surface area contributed by atoms with E-state index in [0.717, 1.165) is 78.7 Å². The number of nitrogens with zero attached hydrogens (tertiary/aromatic N) is 4. The number of fused-ring (bicyclic) bond motifs is 2. The van der Waals surface area contributed by atoms with Crippen LogP contribution in [0.1, 0.15) is 11.3 Å². The van der Waals surface area contributed by atoms with Crippen molar-refractivity contribution >= 4 is 33.9 Å². The van der Waals surface area contributed by atoms with Gasteiger partial charge in [-0.05, 0) is 23.9 Å². The highest BCUT2D eigenvalue weighted by molar-refractivity contribution is 6.36. The van der Waals surface area contributed by atoms with Crippen LogP contribution in [0.25, 0.3) is 10.8 Å². The molecule has 0 unspecified atom stereocenters. The van der Waals surface area contributed by atoms with Crippen LogP contribution in [-0.4, -0.2) is 49.8 Å². The fourth-order valence-electron chi connectivity index (χ4n) is 4.36. The molecule has 2 aromatic carbocycles. The van der Waals surface area contributed by atoms with E-state index >= 15 is 0 Å². The number of anilines is 2. The predicted molar refractivity (Wildman–Crippen MR) is 117 cm³/mol. The number of rotatable bonds is 3. The van der Waals surface area contributed by atoms with E-state index in [-0.39, 0.29) is 0 Å². The van der Waals surface area contributed by atoms with Crippen LogP contribution in [0.4, 0.5) is 11.5 Å². The number of ether oxygens (including phenoxy) is 1. The summed E-state index contributed by atoms with van der Waals surface area (Å²) in [5.74, 6) is 1.03. The Bertz CT molecular complexity index is 1050. The van der Waals surface area contributed by atoms with Gasteiger partial charge in [-0.3, -0.25) is 0 Å². The fraction of sp³-hybridized carbons (Fsp3) is 0.364. The lowest BCUT2D eigenvalue weighted by Crippen LogP contribution is -2.45. The normalized spacial score (nSPS) is 16.8. The van der Waals surface area contributed by atoms with Crippen LogP contribution in [0, 0.1) is 0 Å². The molecule has 0 aliphatic carbocycles. The molecule has 1 aromatic heterocycles. The maximum Gasteiger partial charge on any atom is 0.318 e. The van der Waals surface area contributed by atoms with Gasteiger partial charge in [0, 0.05) is 49.4 Å².